The molecule has 0 heterocycles. The lowest BCUT2D eigenvalue weighted by atomic mass is 10.1. The van der Waals surface area contributed by atoms with Crippen molar-refractivity contribution in [2.45, 2.75) is 123 Å². The zero-order valence-corrected chi connectivity index (χ0v) is 17.5. The van der Waals surface area contributed by atoms with Crippen molar-refractivity contribution in [3.05, 3.63) is 0 Å². The Kier molecular flexibility index (Phi) is 18.0. The summed E-state index contributed by atoms with van der Waals surface area (Å²) >= 11 is 0. The van der Waals surface area contributed by atoms with Gasteiger partial charge < -0.3 is 9.47 Å². The molecule has 4 nitrogen and oxygen atoms in total. The third-order valence-corrected chi connectivity index (χ3v) is 4.60. The van der Waals surface area contributed by atoms with Crippen LogP contribution < -0.4 is 0 Å². The number of hydrogen-bond acceptors (Lipinski definition) is 4. The van der Waals surface area contributed by atoms with Gasteiger partial charge in [-0.05, 0) is 26.2 Å². The number of hydrogen-bond donors (Lipinski definition) is 0. The van der Waals surface area contributed by atoms with E-state index in [9.17, 15) is 9.59 Å². The third-order valence-electron chi connectivity index (χ3n) is 4.60. The average molecular weight is 371 g/mol. The maximum atomic E-state index is 11.7. The van der Waals surface area contributed by atoms with Crippen molar-refractivity contribution in [1.82, 2.24) is 0 Å². The van der Waals surface area contributed by atoms with Crippen LogP contribution in [0.1, 0.15) is 117 Å². The second-order valence-electron chi connectivity index (χ2n) is 7.38. The van der Waals surface area contributed by atoms with Gasteiger partial charge >= 0.3 is 11.9 Å². The summed E-state index contributed by atoms with van der Waals surface area (Å²) in [5, 5.41) is 0. The van der Waals surface area contributed by atoms with E-state index in [-0.39, 0.29) is 12.5 Å². The lowest BCUT2D eigenvalue weighted by molar-refractivity contribution is -0.157. The van der Waals surface area contributed by atoms with Crippen LogP contribution in [0.3, 0.4) is 0 Å². The van der Waals surface area contributed by atoms with Gasteiger partial charge in [-0.15, -0.1) is 0 Å². The molecular weight excluding hydrogens is 328 g/mol. The maximum absolute atomic E-state index is 11.7. The lowest BCUT2D eigenvalue weighted by Gasteiger charge is -2.12. The molecule has 0 aromatic carbocycles. The highest BCUT2D eigenvalue weighted by Crippen LogP contribution is 2.11. The fourth-order valence-corrected chi connectivity index (χ4v) is 2.95. The molecule has 0 saturated heterocycles. The standard InChI is InChI=1S/C22H42O4/c1-4-6-8-9-10-11-12-13-14-16-18-25-21(23)19-22(24)26-20(3)17-15-7-5-2/h20H,4-19H2,1-3H3. The van der Waals surface area contributed by atoms with E-state index in [4.69, 9.17) is 9.47 Å². The first-order valence-corrected chi connectivity index (χ1v) is 10.9. The summed E-state index contributed by atoms with van der Waals surface area (Å²) < 4.78 is 10.4. The molecule has 4 heteroatoms. The molecule has 0 spiro atoms. The van der Waals surface area contributed by atoms with Crippen LogP contribution in [0, 0.1) is 0 Å². The van der Waals surface area contributed by atoms with Gasteiger partial charge in [0, 0.05) is 0 Å². The first-order valence-electron chi connectivity index (χ1n) is 10.9. The molecule has 0 saturated carbocycles. The smallest absolute Gasteiger partial charge is 0.317 e. The third kappa shape index (κ3) is 17.8. The monoisotopic (exact) mass is 370 g/mol. The molecule has 1 atom stereocenters. The van der Waals surface area contributed by atoms with Crippen molar-refractivity contribution < 1.29 is 19.1 Å². The Bertz CT molecular complexity index is 341. The van der Waals surface area contributed by atoms with Crippen LogP contribution in [0.2, 0.25) is 0 Å². The molecule has 0 rings (SSSR count). The minimum atomic E-state index is -0.470. The van der Waals surface area contributed by atoms with E-state index in [1.165, 1.54) is 51.4 Å². The van der Waals surface area contributed by atoms with Crippen molar-refractivity contribution in [3.8, 4) is 0 Å². The summed E-state index contributed by atoms with van der Waals surface area (Å²) in [6, 6.07) is 0. The highest BCUT2D eigenvalue weighted by atomic mass is 16.6. The largest absolute Gasteiger partial charge is 0.465 e. The SMILES string of the molecule is CCCCCCCCCCCCOC(=O)CC(=O)OC(C)CCCCC. The highest BCUT2D eigenvalue weighted by molar-refractivity contribution is 5.91. The highest BCUT2D eigenvalue weighted by Gasteiger charge is 2.14. The van der Waals surface area contributed by atoms with Crippen LogP contribution in [0.15, 0.2) is 0 Å². The van der Waals surface area contributed by atoms with E-state index < -0.39 is 11.9 Å². The van der Waals surface area contributed by atoms with E-state index >= 15 is 0 Å². The molecule has 0 fully saturated rings. The number of carbonyl (C=O) groups excluding carboxylic acids is 2. The van der Waals surface area contributed by atoms with Gasteiger partial charge in [0.15, 0.2) is 0 Å². The van der Waals surface area contributed by atoms with Gasteiger partial charge in [-0.1, -0.05) is 84.5 Å². The van der Waals surface area contributed by atoms with E-state index in [1.54, 1.807) is 0 Å². The van der Waals surface area contributed by atoms with Gasteiger partial charge in [-0.2, -0.15) is 0 Å². The Morgan fingerprint density at radius 2 is 1.19 bits per heavy atom. The van der Waals surface area contributed by atoms with Gasteiger partial charge in [-0.25, -0.2) is 0 Å². The molecule has 0 aromatic rings. The zero-order chi connectivity index (χ0) is 19.5. The minimum Gasteiger partial charge on any atom is -0.465 e. The van der Waals surface area contributed by atoms with E-state index in [1.807, 2.05) is 6.92 Å². The molecule has 0 aliphatic heterocycles. The molecule has 1 unspecified atom stereocenters. The van der Waals surface area contributed by atoms with Crippen LogP contribution in [0.4, 0.5) is 0 Å². The van der Waals surface area contributed by atoms with Crippen molar-refractivity contribution in [3.63, 3.8) is 0 Å². The Morgan fingerprint density at radius 1 is 0.692 bits per heavy atom. The zero-order valence-electron chi connectivity index (χ0n) is 17.5. The van der Waals surface area contributed by atoms with Gasteiger partial charge in [0.05, 0.1) is 12.7 Å². The van der Waals surface area contributed by atoms with E-state index in [2.05, 4.69) is 13.8 Å². The number of rotatable bonds is 18. The molecule has 0 N–H and O–H groups in total. The molecule has 0 radical (unpaired) electrons. The minimum absolute atomic E-state index is 0.121. The normalized spacial score (nSPS) is 12.0. The van der Waals surface area contributed by atoms with Crippen LogP contribution in [0.5, 0.6) is 0 Å². The Morgan fingerprint density at radius 3 is 1.77 bits per heavy atom. The summed E-state index contributed by atoms with van der Waals surface area (Å²) in [7, 11) is 0. The summed E-state index contributed by atoms with van der Waals surface area (Å²) in [5.41, 5.74) is 0. The second-order valence-corrected chi connectivity index (χ2v) is 7.38. The first kappa shape index (κ1) is 24.9. The Labute approximate surface area is 161 Å². The Hall–Kier alpha value is -1.06. The topological polar surface area (TPSA) is 52.6 Å². The number of ether oxygens (including phenoxy) is 2. The van der Waals surface area contributed by atoms with Gasteiger partial charge in [-0.3, -0.25) is 9.59 Å². The van der Waals surface area contributed by atoms with E-state index in [0.29, 0.717) is 6.61 Å². The van der Waals surface area contributed by atoms with Gasteiger partial charge in [0.25, 0.3) is 0 Å². The molecule has 0 amide bonds. The summed E-state index contributed by atoms with van der Waals surface area (Å²) in [5.74, 6) is -0.936. The van der Waals surface area contributed by atoms with Crippen LogP contribution in [0.25, 0.3) is 0 Å². The van der Waals surface area contributed by atoms with Crippen molar-refractivity contribution >= 4 is 11.9 Å². The quantitative estimate of drug-likeness (QED) is 0.160. The average Bonchev–Trinajstić information content (AvgIpc) is 2.59. The fourth-order valence-electron chi connectivity index (χ4n) is 2.95. The van der Waals surface area contributed by atoms with Gasteiger partial charge in [0.1, 0.15) is 6.42 Å². The first-order chi connectivity index (χ1) is 12.6. The van der Waals surface area contributed by atoms with E-state index in [0.717, 1.165) is 38.5 Å². The predicted octanol–water partition coefficient (Wildman–Crippen LogP) is 6.35. The molecule has 0 aromatic heterocycles. The maximum Gasteiger partial charge on any atom is 0.317 e. The summed E-state index contributed by atoms with van der Waals surface area (Å²) in [6.07, 6.45) is 16.3. The van der Waals surface area contributed by atoms with Crippen molar-refractivity contribution in [2.24, 2.45) is 0 Å². The van der Waals surface area contributed by atoms with Gasteiger partial charge in [0.2, 0.25) is 0 Å². The molecule has 0 bridgehead atoms. The number of unbranched alkanes of at least 4 members (excludes halogenated alkanes) is 11. The molecule has 0 aliphatic carbocycles. The second kappa shape index (κ2) is 18.7. The van der Waals surface area contributed by atoms with Crippen LogP contribution in [-0.2, 0) is 19.1 Å². The van der Waals surface area contributed by atoms with Crippen LogP contribution in [-0.4, -0.2) is 24.6 Å². The number of carbonyl (C=O) groups is 2. The molecule has 0 aliphatic rings. The number of esters is 2. The lowest BCUT2D eigenvalue weighted by Crippen LogP contribution is -2.19. The van der Waals surface area contributed by atoms with Crippen molar-refractivity contribution in [1.29, 1.82) is 0 Å². The molecule has 26 heavy (non-hydrogen) atoms. The van der Waals surface area contributed by atoms with Crippen LogP contribution >= 0.6 is 0 Å². The Balaban J connectivity index is 3.44. The van der Waals surface area contributed by atoms with Crippen molar-refractivity contribution in [2.75, 3.05) is 6.61 Å². The molecule has 154 valence electrons. The fraction of sp³-hybridized carbons (Fsp3) is 0.909. The molecular formula is C22H42O4. The predicted molar refractivity (Wildman–Crippen MR) is 107 cm³/mol. The summed E-state index contributed by atoms with van der Waals surface area (Å²) in [4.78, 5) is 23.3. The summed E-state index contributed by atoms with van der Waals surface area (Å²) in [6.45, 7) is 6.67.